The molecule has 0 aliphatic heterocycles. The van der Waals surface area contributed by atoms with Gasteiger partial charge in [0.15, 0.2) is 0 Å². The van der Waals surface area contributed by atoms with Crippen LogP contribution in [0.5, 0.6) is 0 Å². The fourth-order valence-corrected chi connectivity index (χ4v) is 10.3. The Labute approximate surface area is 281 Å². The van der Waals surface area contributed by atoms with Crippen molar-refractivity contribution < 1.29 is 16.5 Å². The van der Waals surface area contributed by atoms with Gasteiger partial charge in [-0.3, -0.25) is 9.98 Å². The van der Waals surface area contributed by atoms with Gasteiger partial charge in [0.25, 0.3) is 0 Å². The van der Waals surface area contributed by atoms with Crippen LogP contribution in [0.2, 0.25) is 0 Å². The number of hydrogen-bond acceptors (Lipinski definition) is 3. The molecule has 0 atom stereocenters. The molecule has 5 aromatic rings. The van der Waals surface area contributed by atoms with Crippen molar-refractivity contribution in [3.05, 3.63) is 151 Å². The number of rotatable bonds is 14. The van der Waals surface area contributed by atoms with Gasteiger partial charge in [-0.25, -0.2) is 4.98 Å². The first-order valence-corrected chi connectivity index (χ1v) is 18.8. The van der Waals surface area contributed by atoms with Gasteiger partial charge in [0.1, 0.15) is 0 Å². The smallest absolute Gasteiger partial charge is 0.0966 e. The fourth-order valence-electron chi connectivity index (χ4n) is 5.34. The standard InChI is InChI=1S/C39H41N3P2.Ni/c1-32(40-28-16-30-43(34-18-7-3-8-19-34)35-20-9-4-10-21-35)38-26-15-27-39(42-38)33(2)41-29-17-31-44(36-22-11-5-12-23-36)37-24-13-6-14-25-37;/h3-15,18-27H,16-17,28-31H2,1-2H3;/p+1. The van der Waals surface area contributed by atoms with E-state index in [2.05, 4.69) is 153 Å². The Morgan fingerprint density at radius 2 is 0.978 bits per heavy atom. The van der Waals surface area contributed by atoms with Crippen molar-refractivity contribution in [2.24, 2.45) is 9.98 Å². The molecule has 6 heteroatoms. The molecule has 0 aliphatic rings. The van der Waals surface area contributed by atoms with E-state index in [0.29, 0.717) is 0 Å². The van der Waals surface area contributed by atoms with Gasteiger partial charge < -0.3 is 0 Å². The van der Waals surface area contributed by atoms with Crippen molar-refractivity contribution >= 4 is 48.5 Å². The molecule has 0 aliphatic carbocycles. The summed E-state index contributed by atoms with van der Waals surface area (Å²) in [5, 5.41) is 5.78. The molecular formula is C39H42N3NiP2+. The quantitative estimate of drug-likeness (QED) is 0.0522. The second kappa shape index (κ2) is 18.6. The molecule has 1 heterocycles. The van der Waals surface area contributed by atoms with Crippen LogP contribution in [0.15, 0.2) is 150 Å². The summed E-state index contributed by atoms with van der Waals surface area (Å²) in [5.41, 5.74) is 3.85. The van der Waals surface area contributed by atoms with Crippen molar-refractivity contribution in [2.45, 2.75) is 26.7 Å². The summed E-state index contributed by atoms with van der Waals surface area (Å²) in [4.78, 5) is 14.8. The van der Waals surface area contributed by atoms with Crippen molar-refractivity contribution in [1.82, 2.24) is 4.98 Å². The molecular weight excluding hydrogens is 631 g/mol. The summed E-state index contributed by atoms with van der Waals surface area (Å²) in [6.07, 6.45) is 4.38. The maximum atomic E-state index is 4.94. The molecule has 0 N–H and O–H groups in total. The van der Waals surface area contributed by atoms with E-state index in [1.165, 1.54) is 21.2 Å². The summed E-state index contributed by atoms with van der Waals surface area (Å²) in [7, 11) is -1.21. The molecule has 0 unspecified atom stereocenters. The number of nitrogens with zero attached hydrogens (tertiary/aromatic N) is 3. The van der Waals surface area contributed by atoms with Gasteiger partial charge in [-0.1, -0.05) is 103 Å². The largest absolute Gasteiger partial charge is 0.288 e. The molecule has 0 amide bonds. The third-order valence-corrected chi connectivity index (χ3v) is 13.2. The summed E-state index contributed by atoms with van der Waals surface area (Å²) in [5.74, 6) is 0. The van der Waals surface area contributed by atoms with Gasteiger partial charge in [0.05, 0.1) is 47.5 Å². The Balaban J connectivity index is 0.00000461. The molecule has 0 saturated heterocycles. The number of aliphatic imine (C=N–C) groups is 2. The number of pyridine rings is 1. The van der Waals surface area contributed by atoms with Crippen LogP contribution in [0.4, 0.5) is 0 Å². The van der Waals surface area contributed by atoms with Crippen molar-refractivity contribution in [3.63, 3.8) is 0 Å². The van der Waals surface area contributed by atoms with Gasteiger partial charge in [-0.15, -0.1) is 0 Å². The molecule has 3 nitrogen and oxygen atoms in total. The van der Waals surface area contributed by atoms with Crippen LogP contribution in [0.1, 0.15) is 38.1 Å². The van der Waals surface area contributed by atoms with Gasteiger partial charge in [0, 0.05) is 36.0 Å². The number of hydrogen-bond donors (Lipinski definition) is 0. The maximum Gasteiger partial charge on any atom is 0.0966 e. The minimum absolute atomic E-state index is 0. The molecule has 0 spiro atoms. The fraction of sp³-hybridized carbons (Fsp3) is 0.205. The minimum atomic E-state index is -0.827. The molecule has 0 radical (unpaired) electrons. The molecule has 0 bridgehead atoms. The number of aromatic nitrogens is 1. The molecule has 5 rings (SSSR count). The second-order valence-corrected chi connectivity index (χ2v) is 15.8. The van der Waals surface area contributed by atoms with E-state index in [1.807, 2.05) is 0 Å². The van der Waals surface area contributed by atoms with Crippen LogP contribution in [0.3, 0.4) is 0 Å². The Hall–Kier alpha value is -3.28. The summed E-state index contributed by atoms with van der Waals surface area (Å²) < 4.78 is 0. The number of benzene rings is 4. The van der Waals surface area contributed by atoms with E-state index in [1.54, 1.807) is 0 Å². The Morgan fingerprint density at radius 1 is 0.556 bits per heavy atom. The average molecular weight is 673 g/mol. The van der Waals surface area contributed by atoms with E-state index in [4.69, 9.17) is 15.0 Å². The van der Waals surface area contributed by atoms with Crippen molar-refractivity contribution in [3.8, 4) is 0 Å². The van der Waals surface area contributed by atoms with Crippen LogP contribution in [-0.4, -0.2) is 41.8 Å². The third kappa shape index (κ3) is 10.4. The van der Waals surface area contributed by atoms with E-state index in [-0.39, 0.29) is 24.4 Å². The van der Waals surface area contributed by atoms with Gasteiger partial charge >= 0.3 is 0 Å². The predicted octanol–water partition coefficient (Wildman–Crippen LogP) is 7.48. The minimum Gasteiger partial charge on any atom is -0.288 e. The van der Waals surface area contributed by atoms with Crippen molar-refractivity contribution in [1.29, 1.82) is 0 Å². The van der Waals surface area contributed by atoms with Gasteiger partial charge in [-0.2, -0.15) is 0 Å². The predicted molar refractivity (Wildman–Crippen MR) is 197 cm³/mol. The third-order valence-electron chi connectivity index (χ3n) is 7.69. The SMILES string of the molecule is CC(=NCCCP(c1ccccc1)c1ccccc1)c1cccc(C(C)=NCCC[PH+](c2ccccc2)c2ccccc2)n1.[Ni]. The molecule has 1 aromatic heterocycles. The first-order valence-electron chi connectivity index (χ1n) is 15.5. The molecule has 0 saturated carbocycles. The van der Waals surface area contributed by atoms with Crippen LogP contribution >= 0.6 is 15.8 Å². The van der Waals surface area contributed by atoms with E-state index in [0.717, 1.165) is 61.1 Å². The zero-order chi connectivity index (χ0) is 30.4. The van der Waals surface area contributed by atoms with Gasteiger partial charge in [-0.05, 0) is 81.4 Å². The normalized spacial score (nSPS) is 11.9. The van der Waals surface area contributed by atoms with E-state index < -0.39 is 7.92 Å². The van der Waals surface area contributed by atoms with E-state index >= 15 is 0 Å². The summed E-state index contributed by atoms with van der Waals surface area (Å²) in [6, 6.07) is 50.0. The van der Waals surface area contributed by atoms with E-state index in [9.17, 15) is 0 Å². The Kier molecular flexibility index (Phi) is 14.3. The summed E-state index contributed by atoms with van der Waals surface area (Å²) >= 11 is 0. The van der Waals surface area contributed by atoms with Crippen LogP contribution in [0, 0.1) is 0 Å². The average Bonchev–Trinajstić information content (AvgIpc) is 3.09. The molecule has 0 fully saturated rings. The summed E-state index contributed by atoms with van der Waals surface area (Å²) in [6.45, 7) is 5.77. The Morgan fingerprint density at radius 3 is 1.44 bits per heavy atom. The topological polar surface area (TPSA) is 37.6 Å². The molecule has 232 valence electrons. The monoisotopic (exact) mass is 672 g/mol. The van der Waals surface area contributed by atoms with Crippen molar-refractivity contribution in [2.75, 3.05) is 25.4 Å². The first kappa shape index (κ1) is 34.6. The zero-order valence-electron chi connectivity index (χ0n) is 26.1. The maximum absolute atomic E-state index is 4.94. The van der Waals surface area contributed by atoms with Crippen LogP contribution in [-0.2, 0) is 16.5 Å². The van der Waals surface area contributed by atoms with Crippen LogP contribution in [0.25, 0.3) is 0 Å². The molecule has 4 aromatic carbocycles. The van der Waals surface area contributed by atoms with Crippen LogP contribution < -0.4 is 21.2 Å². The molecule has 45 heavy (non-hydrogen) atoms. The van der Waals surface area contributed by atoms with Gasteiger partial charge in [0.2, 0.25) is 0 Å². The second-order valence-electron chi connectivity index (χ2n) is 10.8. The Bertz CT molecular complexity index is 1430. The zero-order valence-corrected chi connectivity index (χ0v) is 29.0. The first-order chi connectivity index (χ1) is 21.7.